The third-order valence-corrected chi connectivity index (χ3v) is 4.37. The Morgan fingerprint density at radius 2 is 1.95 bits per heavy atom. The minimum absolute atomic E-state index is 0. The van der Waals surface area contributed by atoms with Gasteiger partial charge in [-0.3, -0.25) is 10.2 Å². The molecule has 1 fully saturated rings. The van der Waals surface area contributed by atoms with Gasteiger partial charge in [-0.25, -0.2) is 0 Å². The zero-order valence-corrected chi connectivity index (χ0v) is 13.5. The second-order valence-electron chi connectivity index (χ2n) is 4.96. The van der Waals surface area contributed by atoms with Gasteiger partial charge in [-0.05, 0) is 18.4 Å². The molecule has 1 aliphatic rings. The van der Waals surface area contributed by atoms with Crippen molar-refractivity contribution in [3.63, 3.8) is 0 Å². The summed E-state index contributed by atoms with van der Waals surface area (Å²) < 4.78 is 0. The number of thioether (sulfide) groups is 1. The number of rotatable bonds is 6. The van der Waals surface area contributed by atoms with Crippen molar-refractivity contribution >= 4 is 22.8 Å². The summed E-state index contributed by atoms with van der Waals surface area (Å²) in [7, 11) is 0. The second kappa shape index (κ2) is 9.82. The van der Waals surface area contributed by atoms with Crippen LogP contribution in [0.3, 0.4) is 0 Å². The van der Waals surface area contributed by atoms with E-state index in [0.717, 1.165) is 31.4 Å². The molecule has 1 saturated carbocycles. The van der Waals surface area contributed by atoms with Crippen LogP contribution in [0.1, 0.15) is 31.2 Å². The number of carbonyl (C=O) groups excluding carboxylic acids is 1. The van der Waals surface area contributed by atoms with Gasteiger partial charge in [0.1, 0.15) is 6.54 Å². The smallest absolute Gasteiger partial charge is 0.327 e. The first-order valence-electron chi connectivity index (χ1n) is 6.97. The predicted molar refractivity (Wildman–Crippen MR) is 80.7 cm³/mol. The van der Waals surface area contributed by atoms with Crippen LogP contribution >= 0.6 is 11.8 Å². The maximum absolute atomic E-state index is 11.7. The lowest BCUT2D eigenvalue weighted by molar-refractivity contribution is -0.156. The molecule has 0 aromatic heterocycles. The highest BCUT2D eigenvalue weighted by molar-refractivity contribution is 8.13. The average Bonchev–Trinajstić information content (AvgIpc) is 3.00. The fraction of sp³-hybridized carbons (Fsp3) is 0.467. The number of nitrogens with one attached hydrogen (secondary N) is 1. The van der Waals surface area contributed by atoms with Gasteiger partial charge in [0, 0.05) is 5.75 Å². The maximum Gasteiger partial charge on any atom is 0.327 e. The quantitative estimate of drug-likeness (QED) is 0.372. The number of nitrogens with two attached hydrogens (primary N) is 1. The van der Waals surface area contributed by atoms with Crippen LogP contribution < -0.4 is 23.3 Å². The van der Waals surface area contributed by atoms with Crippen molar-refractivity contribution in [3.8, 4) is 0 Å². The Hall–Kier alpha value is -1.04. The minimum Gasteiger partial charge on any atom is -1.00 e. The van der Waals surface area contributed by atoms with E-state index in [0.29, 0.717) is 11.6 Å². The van der Waals surface area contributed by atoms with E-state index < -0.39 is 0 Å². The molecule has 1 aliphatic carbocycles. The zero-order chi connectivity index (χ0) is 14.2. The van der Waals surface area contributed by atoms with Gasteiger partial charge in [0.2, 0.25) is 5.04 Å². The lowest BCUT2D eigenvalue weighted by Crippen LogP contribution is -3.00. The first kappa shape index (κ1) is 18.0. The number of hydrogen-bond acceptors (Lipinski definition) is 4. The van der Waals surface area contributed by atoms with Crippen LogP contribution in [-0.2, 0) is 15.4 Å². The lowest BCUT2D eigenvalue weighted by atomic mass is 10.1. The van der Waals surface area contributed by atoms with Crippen LogP contribution in [0.4, 0.5) is 0 Å². The van der Waals surface area contributed by atoms with Crippen molar-refractivity contribution in [1.82, 2.24) is 5.48 Å². The Bertz CT molecular complexity index is 450. The maximum atomic E-state index is 11.7. The molecule has 0 heterocycles. The van der Waals surface area contributed by atoms with Gasteiger partial charge in [0.05, 0.1) is 5.92 Å². The van der Waals surface area contributed by atoms with Crippen molar-refractivity contribution in [2.75, 3.05) is 6.54 Å². The molecule has 0 radical (unpaired) electrons. The molecule has 0 atom stereocenters. The molecule has 0 saturated heterocycles. The van der Waals surface area contributed by atoms with Gasteiger partial charge in [-0.15, -0.1) is 5.48 Å². The van der Waals surface area contributed by atoms with E-state index in [1.54, 1.807) is 11.8 Å². The van der Waals surface area contributed by atoms with E-state index in [1.165, 1.54) is 5.56 Å². The highest BCUT2D eigenvalue weighted by Crippen LogP contribution is 2.25. The summed E-state index contributed by atoms with van der Waals surface area (Å²) in [6.45, 7) is 0.385. The van der Waals surface area contributed by atoms with Crippen LogP contribution in [0.5, 0.6) is 0 Å². The number of hydrogen-bond donors (Lipinski definition) is 2. The van der Waals surface area contributed by atoms with Crippen LogP contribution in [0.25, 0.3) is 0 Å². The molecule has 3 N–H and O–H groups in total. The predicted octanol–water partition coefficient (Wildman–Crippen LogP) is -1.68. The average molecular weight is 329 g/mol. The summed E-state index contributed by atoms with van der Waals surface area (Å²) in [5.41, 5.74) is 3.89. The molecule has 0 bridgehead atoms. The summed E-state index contributed by atoms with van der Waals surface area (Å²) in [4.78, 5) is 16.7. The van der Waals surface area contributed by atoms with Crippen LogP contribution in [0, 0.1) is 5.92 Å². The Kier molecular flexibility index (Phi) is 8.42. The highest BCUT2D eigenvalue weighted by atomic mass is 35.5. The monoisotopic (exact) mass is 328 g/mol. The van der Waals surface area contributed by atoms with E-state index in [-0.39, 0.29) is 24.3 Å². The van der Waals surface area contributed by atoms with E-state index in [1.807, 2.05) is 18.2 Å². The van der Waals surface area contributed by atoms with Crippen LogP contribution in [-0.4, -0.2) is 17.6 Å². The largest absolute Gasteiger partial charge is 1.00 e. The minimum atomic E-state index is -0.150. The van der Waals surface area contributed by atoms with Gasteiger partial charge < -0.3 is 17.2 Å². The Balaban J connectivity index is 0.00000220. The van der Waals surface area contributed by atoms with Crippen LogP contribution in [0.15, 0.2) is 30.3 Å². The van der Waals surface area contributed by atoms with Crippen molar-refractivity contribution in [2.45, 2.75) is 31.4 Å². The fourth-order valence-corrected chi connectivity index (χ4v) is 2.93. The topological polar surface area (TPSA) is 63.9 Å². The molecule has 6 heteroatoms. The number of benzene rings is 1. The first-order valence-corrected chi connectivity index (χ1v) is 7.96. The highest BCUT2D eigenvalue weighted by Gasteiger charge is 2.24. The molecule has 1 aromatic rings. The van der Waals surface area contributed by atoms with Gasteiger partial charge >= 0.3 is 5.97 Å². The first-order chi connectivity index (χ1) is 9.75. The third-order valence-electron chi connectivity index (χ3n) is 3.37. The Morgan fingerprint density at radius 1 is 1.29 bits per heavy atom. The zero-order valence-electron chi connectivity index (χ0n) is 11.9. The molecule has 4 nitrogen and oxygen atoms in total. The summed E-state index contributed by atoms with van der Waals surface area (Å²) in [5.74, 6) is 0.745. The number of carbonyl (C=O) groups is 1. The van der Waals surface area contributed by atoms with Gasteiger partial charge in [-0.1, -0.05) is 54.9 Å². The SMILES string of the molecule is [Cl-].[NH2+]=C(CNOC(=O)C1CCCC1)SCc1ccccc1. The van der Waals surface area contributed by atoms with Gasteiger partial charge in [-0.2, -0.15) is 0 Å². The summed E-state index contributed by atoms with van der Waals surface area (Å²) >= 11 is 1.55. The second-order valence-corrected chi connectivity index (χ2v) is 6.07. The summed E-state index contributed by atoms with van der Waals surface area (Å²) in [6, 6.07) is 10.1. The van der Waals surface area contributed by atoms with Crippen molar-refractivity contribution in [3.05, 3.63) is 35.9 Å². The Labute approximate surface area is 135 Å². The summed E-state index contributed by atoms with van der Waals surface area (Å²) in [6.07, 6.45) is 4.15. The van der Waals surface area contributed by atoms with Gasteiger partial charge in [0.25, 0.3) is 0 Å². The molecular formula is C15H21ClN2O2S. The van der Waals surface area contributed by atoms with Crippen molar-refractivity contribution in [2.24, 2.45) is 5.92 Å². The summed E-state index contributed by atoms with van der Waals surface area (Å²) in [5, 5.41) is 6.60. The van der Waals surface area contributed by atoms with E-state index in [4.69, 9.17) is 10.2 Å². The van der Waals surface area contributed by atoms with Crippen molar-refractivity contribution in [1.29, 1.82) is 0 Å². The molecule has 0 aliphatic heterocycles. The normalized spacial score (nSPS) is 14.5. The number of hydroxylamine groups is 1. The molecule has 0 unspecified atom stereocenters. The number of halogens is 1. The van der Waals surface area contributed by atoms with E-state index >= 15 is 0 Å². The molecule has 116 valence electrons. The molecule has 2 rings (SSSR count). The fourth-order valence-electron chi connectivity index (χ4n) is 2.22. The molecule has 0 spiro atoms. The van der Waals surface area contributed by atoms with Crippen molar-refractivity contribution < 1.29 is 27.4 Å². The molecule has 1 aromatic carbocycles. The molecular weight excluding hydrogens is 308 g/mol. The Morgan fingerprint density at radius 3 is 2.62 bits per heavy atom. The van der Waals surface area contributed by atoms with Gasteiger partial charge in [0.15, 0.2) is 0 Å². The molecule has 21 heavy (non-hydrogen) atoms. The molecule has 0 amide bonds. The third kappa shape index (κ3) is 6.50. The van der Waals surface area contributed by atoms with E-state index in [2.05, 4.69) is 17.6 Å². The van der Waals surface area contributed by atoms with E-state index in [9.17, 15) is 4.79 Å². The van der Waals surface area contributed by atoms with Crippen LogP contribution in [0.2, 0.25) is 0 Å². The lowest BCUT2D eigenvalue weighted by Gasteiger charge is -2.08. The standard InChI is InChI=1S/C15H20N2O2S.ClH/c16-14(20-11-12-6-2-1-3-7-12)10-17-19-15(18)13-8-4-5-9-13;/h1-3,6-7,13,16-17H,4-5,8-11H2;1H.